The van der Waals surface area contributed by atoms with E-state index in [0.717, 1.165) is 0 Å². The first kappa shape index (κ1) is 20.4. The van der Waals surface area contributed by atoms with Gasteiger partial charge in [-0.2, -0.15) is 5.10 Å². The van der Waals surface area contributed by atoms with Crippen molar-refractivity contribution in [2.75, 3.05) is 6.61 Å². The Bertz CT molecular complexity index is 1020. The molecule has 1 heterocycles. The summed E-state index contributed by atoms with van der Waals surface area (Å²) in [5, 5.41) is 4.62. The maximum atomic E-state index is 11.8. The minimum Gasteiger partial charge on any atom is -0.482 e. The van der Waals surface area contributed by atoms with E-state index in [2.05, 4.69) is 10.5 Å². The van der Waals surface area contributed by atoms with Crippen LogP contribution in [0.25, 0.3) is 0 Å². The van der Waals surface area contributed by atoms with Gasteiger partial charge in [0.2, 0.25) is 5.76 Å². The Morgan fingerprint density at radius 3 is 2.59 bits per heavy atom. The molecule has 29 heavy (non-hydrogen) atoms. The molecule has 1 N–H and O–H groups in total. The number of furan rings is 1. The predicted octanol–water partition coefficient (Wildman–Crippen LogP) is 4.33. The second-order valence-electron chi connectivity index (χ2n) is 5.59. The van der Waals surface area contributed by atoms with Gasteiger partial charge in [0.1, 0.15) is 11.5 Å². The Morgan fingerprint density at radius 2 is 1.90 bits per heavy atom. The second-order valence-corrected chi connectivity index (χ2v) is 6.44. The van der Waals surface area contributed by atoms with Crippen LogP contribution in [0.4, 0.5) is 0 Å². The van der Waals surface area contributed by atoms with Crippen molar-refractivity contribution in [2.45, 2.75) is 0 Å². The van der Waals surface area contributed by atoms with Crippen molar-refractivity contribution in [1.29, 1.82) is 0 Å². The van der Waals surface area contributed by atoms with Crippen LogP contribution >= 0.6 is 23.2 Å². The first-order valence-corrected chi connectivity index (χ1v) is 9.02. The van der Waals surface area contributed by atoms with Crippen LogP contribution in [0.3, 0.4) is 0 Å². The highest BCUT2D eigenvalue weighted by atomic mass is 35.5. The Labute approximate surface area is 175 Å². The van der Waals surface area contributed by atoms with E-state index in [4.69, 9.17) is 37.1 Å². The van der Waals surface area contributed by atoms with Gasteiger partial charge in [-0.1, -0.05) is 23.2 Å². The maximum Gasteiger partial charge on any atom is 0.379 e. The largest absolute Gasteiger partial charge is 0.482 e. The molecule has 148 valence electrons. The summed E-state index contributed by atoms with van der Waals surface area (Å²) in [6, 6.07) is 14.3. The Hall–Kier alpha value is -3.29. The highest BCUT2D eigenvalue weighted by Crippen LogP contribution is 2.27. The molecule has 0 bridgehead atoms. The zero-order valence-corrected chi connectivity index (χ0v) is 16.3. The maximum absolute atomic E-state index is 11.8. The summed E-state index contributed by atoms with van der Waals surface area (Å²) in [7, 11) is 0. The van der Waals surface area contributed by atoms with Crippen LogP contribution in [-0.4, -0.2) is 24.7 Å². The molecule has 0 saturated heterocycles. The van der Waals surface area contributed by atoms with E-state index in [1.165, 1.54) is 24.6 Å². The number of amides is 1. The number of ether oxygens (including phenoxy) is 2. The number of halogens is 2. The molecule has 1 aromatic heterocycles. The summed E-state index contributed by atoms with van der Waals surface area (Å²) >= 11 is 11.8. The summed E-state index contributed by atoms with van der Waals surface area (Å²) < 4.78 is 15.4. The van der Waals surface area contributed by atoms with E-state index in [0.29, 0.717) is 27.1 Å². The van der Waals surface area contributed by atoms with Gasteiger partial charge in [-0.05, 0) is 60.2 Å². The van der Waals surface area contributed by atoms with E-state index < -0.39 is 11.9 Å². The second kappa shape index (κ2) is 9.77. The van der Waals surface area contributed by atoms with E-state index in [9.17, 15) is 9.59 Å². The van der Waals surface area contributed by atoms with Gasteiger partial charge in [0, 0.05) is 5.02 Å². The van der Waals surface area contributed by atoms with Crippen LogP contribution in [0.15, 0.2) is 70.4 Å². The number of rotatable bonds is 7. The van der Waals surface area contributed by atoms with E-state index >= 15 is 0 Å². The molecule has 9 heteroatoms. The zero-order valence-electron chi connectivity index (χ0n) is 14.8. The first-order valence-electron chi connectivity index (χ1n) is 8.27. The van der Waals surface area contributed by atoms with Crippen molar-refractivity contribution >= 4 is 41.3 Å². The Morgan fingerprint density at radius 1 is 1.10 bits per heavy atom. The fraction of sp³-hybridized carbons (Fsp3) is 0.0500. The molecule has 0 atom stereocenters. The molecule has 0 unspecified atom stereocenters. The third-order valence-electron chi connectivity index (χ3n) is 3.47. The smallest absolute Gasteiger partial charge is 0.379 e. The van der Waals surface area contributed by atoms with Crippen LogP contribution in [-0.2, 0) is 4.79 Å². The van der Waals surface area contributed by atoms with Crippen molar-refractivity contribution in [1.82, 2.24) is 5.43 Å². The van der Waals surface area contributed by atoms with Crippen LogP contribution in [0.5, 0.6) is 11.5 Å². The number of hydrazone groups is 1. The number of esters is 1. The van der Waals surface area contributed by atoms with Crippen molar-refractivity contribution in [3.05, 3.63) is 82.2 Å². The summed E-state index contributed by atoms with van der Waals surface area (Å²) in [4.78, 5) is 23.6. The molecule has 0 fully saturated rings. The molecule has 0 aliphatic heterocycles. The monoisotopic (exact) mass is 432 g/mol. The Balaban J connectivity index is 1.46. The number of nitrogens with zero attached hydrogens (tertiary/aromatic N) is 1. The third-order valence-corrected chi connectivity index (χ3v) is 4.00. The van der Waals surface area contributed by atoms with Gasteiger partial charge in [0.05, 0.1) is 17.5 Å². The molecule has 0 aliphatic carbocycles. The van der Waals surface area contributed by atoms with E-state index in [1.54, 1.807) is 42.5 Å². The number of carbonyl (C=O) groups excluding carboxylic acids is 2. The minimum atomic E-state index is -0.593. The molecule has 0 spiro atoms. The fourth-order valence-electron chi connectivity index (χ4n) is 2.12. The third kappa shape index (κ3) is 6.10. The van der Waals surface area contributed by atoms with Gasteiger partial charge >= 0.3 is 5.97 Å². The van der Waals surface area contributed by atoms with Crippen LogP contribution in [0.1, 0.15) is 16.1 Å². The highest BCUT2D eigenvalue weighted by molar-refractivity contribution is 6.35. The Kier molecular flexibility index (Phi) is 6.89. The van der Waals surface area contributed by atoms with Gasteiger partial charge in [0.15, 0.2) is 6.61 Å². The molecular formula is C20H14Cl2N2O5. The summed E-state index contributed by atoms with van der Waals surface area (Å²) in [5.41, 5.74) is 3.02. The van der Waals surface area contributed by atoms with Gasteiger partial charge in [-0.25, -0.2) is 10.2 Å². The highest BCUT2D eigenvalue weighted by Gasteiger charge is 2.11. The number of hydrogen-bond donors (Lipinski definition) is 1. The molecule has 2 aromatic carbocycles. The van der Waals surface area contributed by atoms with E-state index in [-0.39, 0.29) is 12.4 Å². The minimum absolute atomic E-state index is 0.112. The normalized spacial score (nSPS) is 10.7. The van der Waals surface area contributed by atoms with Gasteiger partial charge in [-0.15, -0.1) is 0 Å². The van der Waals surface area contributed by atoms with E-state index in [1.807, 2.05) is 0 Å². The molecule has 0 radical (unpaired) electrons. The quantitative estimate of drug-likeness (QED) is 0.259. The molecular weight excluding hydrogens is 419 g/mol. The van der Waals surface area contributed by atoms with Gasteiger partial charge in [-0.3, -0.25) is 4.79 Å². The van der Waals surface area contributed by atoms with Crippen LogP contribution < -0.4 is 14.9 Å². The lowest BCUT2D eigenvalue weighted by Gasteiger charge is -2.07. The summed E-state index contributed by atoms with van der Waals surface area (Å²) in [5.74, 6) is -0.253. The SMILES string of the molecule is O=C(COc1ccc(Cl)cc1Cl)NN=Cc1ccc(OC(=O)c2ccco2)cc1. The van der Waals surface area contributed by atoms with Crippen LogP contribution in [0, 0.1) is 0 Å². The summed E-state index contributed by atoms with van der Waals surface area (Å²) in [6.07, 6.45) is 2.82. The molecule has 7 nitrogen and oxygen atoms in total. The van der Waals surface area contributed by atoms with Gasteiger partial charge in [0.25, 0.3) is 5.91 Å². The van der Waals surface area contributed by atoms with Crippen molar-refractivity contribution in [2.24, 2.45) is 5.10 Å². The number of hydrogen-bond acceptors (Lipinski definition) is 6. The first-order chi connectivity index (χ1) is 14.0. The molecule has 0 saturated carbocycles. The average Bonchev–Trinajstić information content (AvgIpc) is 3.24. The summed E-state index contributed by atoms with van der Waals surface area (Å²) in [6.45, 7) is -0.264. The van der Waals surface area contributed by atoms with Crippen LogP contribution in [0.2, 0.25) is 10.0 Å². The lowest BCUT2D eigenvalue weighted by atomic mass is 10.2. The number of benzene rings is 2. The fourth-order valence-corrected chi connectivity index (χ4v) is 2.58. The zero-order chi connectivity index (χ0) is 20.6. The predicted molar refractivity (Wildman–Crippen MR) is 108 cm³/mol. The lowest BCUT2D eigenvalue weighted by molar-refractivity contribution is -0.123. The molecule has 3 aromatic rings. The number of nitrogens with one attached hydrogen (secondary N) is 1. The number of carbonyl (C=O) groups is 2. The lowest BCUT2D eigenvalue weighted by Crippen LogP contribution is -2.24. The molecule has 3 rings (SSSR count). The van der Waals surface area contributed by atoms with Crippen molar-refractivity contribution in [3.63, 3.8) is 0 Å². The van der Waals surface area contributed by atoms with Gasteiger partial charge < -0.3 is 13.9 Å². The molecule has 1 amide bonds. The van der Waals surface area contributed by atoms with Crippen molar-refractivity contribution < 1.29 is 23.5 Å². The van der Waals surface area contributed by atoms with Crippen molar-refractivity contribution in [3.8, 4) is 11.5 Å². The molecule has 0 aliphatic rings. The topological polar surface area (TPSA) is 90.1 Å². The standard InChI is InChI=1S/C20H14Cl2N2O5/c21-14-5-8-17(16(22)10-14)28-12-19(25)24-23-11-13-3-6-15(7-4-13)29-20(26)18-2-1-9-27-18/h1-11H,12H2,(H,24,25). The average molecular weight is 433 g/mol.